The third-order valence-electron chi connectivity index (χ3n) is 8.71. The SMILES string of the molecule is Cc1ccc(S(=O)(=O)OCc2ccc([N+](=O)[O-])cc2)cc1.Cc1ccccc1S(=O)(=O)OCc1ccc([N+](=O)[O-])cc1.O=[N+]([O-])c1ccc(COS(=O)(=O)c2cccc(C(F)(F)F)c2)cc1. The standard InChI is InChI=1S/C14H10F3NO5S.2C14H13NO5S/c15-14(16,17)11-2-1-3-13(8-11)24(21,22)23-9-10-4-6-12(7-5-10)18(19)20;1-11-2-8-14(9-3-11)21(18,19)20-10-12-4-6-13(7-5-12)15(16)17;1-11-4-2-3-5-14(11)21(18,19)20-10-12-6-8-13(9-7-12)15(16)17/h1-8H,9H2;2*2-9H,10H2,1H3. The first kappa shape index (κ1) is 51.7. The zero-order valence-electron chi connectivity index (χ0n) is 34.3. The van der Waals surface area contributed by atoms with Crippen LogP contribution >= 0.6 is 0 Å². The highest BCUT2D eigenvalue weighted by Gasteiger charge is 2.32. The molecular formula is C42H36F3N3O15S3. The fourth-order valence-electron chi connectivity index (χ4n) is 5.15. The minimum atomic E-state index is -4.68. The molecule has 0 unspecified atom stereocenters. The molecule has 0 bridgehead atoms. The van der Waals surface area contributed by atoms with Crippen molar-refractivity contribution in [3.63, 3.8) is 0 Å². The molecule has 0 fully saturated rings. The van der Waals surface area contributed by atoms with Crippen molar-refractivity contribution < 1.29 is 65.7 Å². The van der Waals surface area contributed by atoms with Crippen LogP contribution in [0.1, 0.15) is 33.4 Å². The summed E-state index contributed by atoms with van der Waals surface area (Å²) >= 11 is 0. The van der Waals surface area contributed by atoms with Gasteiger partial charge in [-0.15, -0.1) is 0 Å². The van der Waals surface area contributed by atoms with Gasteiger partial charge < -0.3 is 0 Å². The van der Waals surface area contributed by atoms with E-state index in [0.717, 1.165) is 35.9 Å². The minimum Gasteiger partial charge on any atom is -0.262 e. The van der Waals surface area contributed by atoms with Gasteiger partial charge in [-0.2, -0.15) is 38.4 Å². The van der Waals surface area contributed by atoms with Crippen LogP contribution in [-0.4, -0.2) is 40.0 Å². The number of benzene rings is 6. The summed E-state index contributed by atoms with van der Waals surface area (Å²) < 4.78 is 124. The maximum atomic E-state index is 12.6. The zero-order valence-corrected chi connectivity index (χ0v) is 36.8. The van der Waals surface area contributed by atoms with Gasteiger partial charge in [0, 0.05) is 36.4 Å². The lowest BCUT2D eigenvalue weighted by Crippen LogP contribution is -2.10. The molecule has 66 heavy (non-hydrogen) atoms. The quantitative estimate of drug-likeness (QED) is 0.0528. The molecule has 0 heterocycles. The molecule has 6 aromatic rings. The van der Waals surface area contributed by atoms with Crippen molar-refractivity contribution in [2.75, 3.05) is 0 Å². The number of alkyl halides is 3. The summed E-state index contributed by atoms with van der Waals surface area (Å²) in [6.07, 6.45) is -4.68. The lowest BCUT2D eigenvalue weighted by Gasteiger charge is -2.09. The van der Waals surface area contributed by atoms with Crippen LogP contribution in [0.25, 0.3) is 0 Å². The Morgan fingerprint density at radius 2 is 0.848 bits per heavy atom. The molecule has 0 N–H and O–H groups in total. The van der Waals surface area contributed by atoms with E-state index in [1.807, 2.05) is 6.92 Å². The predicted octanol–water partition coefficient (Wildman–Crippen LogP) is 9.14. The molecule has 24 heteroatoms. The first-order valence-corrected chi connectivity index (χ1v) is 22.8. The third-order valence-corrected chi connectivity index (χ3v) is 12.7. The van der Waals surface area contributed by atoms with Gasteiger partial charge in [0.2, 0.25) is 0 Å². The number of nitro benzene ring substituents is 3. The van der Waals surface area contributed by atoms with Gasteiger partial charge >= 0.3 is 6.18 Å². The molecule has 0 aliphatic carbocycles. The monoisotopic (exact) mass is 975 g/mol. The highest BCUT2D eigenvalue weighted by atomic mass is 32.2. The van der Waals surface area contributed by atoms with E-state index < -0.39 is 68.4 Å². The van der Waals surface area contributed by atoms with Gasteiger partial charge in [-0.1, -0.05) is 42.0 Å². The average molecular weight is 976 g/mol. The van der Waals surface area contributed by atoms with Crippen LogP contribution in [0.2, 0.25) is 0 Å². The summed E-state index contributed by atoms with van der Waals surface area (Å²) in [5.74, 6) is 0. The molecule has 0 saturated heterocycles. The molecule has 348 valence electrons. The van der Waals surface area contributed by atoms with E-state index in [2.05, 4.69) is 0 Å². The summed E-state index contributed by atoms with van der Waals surface area (Å²) in [6, 6.07) is 32.0. The molecule has 0 amide bonds. The van der Waals surface area contributed by atoms with Crippen molar-refractivity contribution in [1.82, 2.24) is 0 Å². The molecule has 18 nitrogen and oxygen atoms in total. The van der Waals surface area contributed by atoms with Crippen LogP contribution in [0.15, 0.2) is 160 Å². The highest BCUT2D eigenvalue weighted by Crippen LogP contribution is 2.31. The molecule has 0 aliphatic heterocycles. The number of hydrogen-bond acceptors (Lipinski definition) is 15. The molecule has 6 aromatic carbocycles. The molecule has 0 atom stereocenters. The Hall–Kier alpha value is -6.96. The second-order valence-corrected chi connectivity index (χ2v) is 18.3. The molecule has 0 aromatic heterocycles. The lowest BCUT2D eigenvalue weighted by atomic mass is 10.2. The van der Waals surface area contributed by atoms with Crippen LogP contribution < -0.4 is 0 Å². The Morgan fingerprint density at radius 1 is 0.470 bits per heavy atom. The summed E-state index contributed by atoms with van der Waals surface area (Å²) in [5.41, 5.74) is 1.54. The first-order chi connectivity index (χ1) is 30.9. The molecule has 0 radical (unpaired) electrons. The van der Waals surface area contributed by atoms with Crippen molar-refractivity contribution in [3.05, 3.63) is 209 Å². The van der Waals surface area contributed by atoms with Gasteiger partial charge in [-0.05, 0) is 109 Å². The number of nitro groups is 3. The Balaban J connectivity index is 0.000000217. The van der Waals surface area contributed by atoms with Gasteiger partial charge in [-0.25, -0.2) is 0 Å². The van der Waals surface area contributed by atoms with Gasteiger partial charge in [0.15, 0.2) is 0 Å². The van der Waals surface area contributed by atoms with Crippen LogP contribution in [0.3, 0.4) is 0 Å². The Labute approximate surface area is 375 Å². The van der Waals surface area contributed by atoms with Gasteiger partial charge in [-0.3, -0.25) is 42.9 Å². The van der Waals surface area contributed by atoms with Crippen molar-refractivity contribution in [2.24, 2.45) is 0 Å². The van der Waals surface area contributed by atoms with Crippen LogP contribution in [0, 0.1) is 44.2 Å². The summed E-state index contributed by atoms with van der Waals surface area (Å²) in [6.45, 7) is 2.73. The predicted molar refractivity (Wildman–Crippen MR) is 229 cm³/mol. The van der Waals surface area contributed by atoms with Gasteiger partial charge in [0.05, 0.1) is 54.8 Å². The highest BCUT2D eigenvalue weighted by molar-refractivity contribution is 7.87. The number of hydrogen-bond donors (Lipinski definition) is 0. The second-order valence-electron chi connectivity index (χ2n) is 13.5. The molecule has 0 saturated carbocycles. The third kappa shape index (κ3) is 15.3. The van der Waals surface area contributed by atoms with E-state index in [1.54, 1.807) is 37.3 Å². The number of halogens is 3. The van der Waals surface area contributed by atoms with Crippen molar-refractivity contribution in [1.29, 1.82) is 0 Å². The van der Waals surface area contributed by atoms with Crippen LogP contribution in [-0.2, 0) is 68.9 Å². The van der Waals surface area contributed by atoms with Crippen LogP contribution in [0.4, 0.5) is 30.2 Å². The van der Waals surface area contributed by atoms with E-state index >= 15 is 0 Å². The maximum absolute atomic E-state index is 12.6. The fourth-order valence-corrected chi connectivity index (χ4v) is 8.11. The number of nitrogens with zero attached hydrogens (tertiary/aromatic N) is 3. The van der Waals surface area contributed by atoms with Gasteiger partial charge in [0.25, 0.3) is 47.4 Å². The van der Waals surface area contributed by atoms with E-state index in [-0.39, 0.29) is 40.1 Å². The first-order valence-electron chi connectivity index (χ1n) is 18.6. The summed E-state index contributed by atoms with van der Waals surface area (Å²) in [5, 5.41) is 31.6. The Bertz CT molecular complexity index is 2990. The largest absolute Gasteiger partial charge is 0.416 e. The fraction of sp³-hybridized carbons (Fsp3) is 0.143. The number of non-ortho nitro benzene ring substituents is 3. The topological polar surface area (TPSA) is 260 Å². The average Bonchev–Trinajstić information content (AvgIpc) is 3.28. The molecule has 6 rings (SSSR count). The van der Waals surface area contributed by atoms with Crippen molar-refractivity contribution in [2.45, 2.75) is 54.5 Å². The Morgan fingerprint density at radius 3 is 1.23 bits per heavy atom. The smallest absolute Gasteiger partial charge is 0.262 e. The number of rotatable bonds is 15. The molecular weight excluding hydrogens is 940 g/mol. The van der Waals surface area contributed by atoms with E-state index in [0.29, 0.717) is 28.3 Å². The van der Waals surface area contributed by atoms with E-state index in [9.17, 15) is 68.8 Å². The van der Waals surface area contributed by atoms with Crippen molar-refractivity contribution in [3.8, 4) is 0 Å². The minimum absolute atomic E-state index is 0.0551. The zero-order chi connectivity index (χ0) is 48.9. The number of aryl methyl sites for hydroxylation is 2. The molecule has 0 aliphatic rings. The maximum Gasteiger partial charge on any atom is 0.416 e. The summed E-state index contributed by atoms with van der Waals surface area (Å²) in [7, 11) is -12.1. The molecule has 0 spiro atoms. The summed E-state index contributed by atoms with van der Waals surface area (Å²) in [4.78, 5) is 29.5. The Kier molecular flexibility index (Phi) is 17.5. The van der Waals surface area contributed by atoms with E-state index in [4.69, 9.17) is 12.5 Å². The van der Waals surface area contributed by atoms with Gasteiger partial charge in [0.1, 0.15) is 0 Å². The van der Waals surface area contributed by atoms with Crippen LogP contribution in [0.5, 0.6) is 0 Å². The lowest BCUT2D eigenvalue weighted by molar-refractivity contribution is -0.385. The van der Waals surface area contributed by atoms with E-state index in [1.165, 1.54) is 78.9 Å². The second kappa shape index (κ2) is 22.3. The van der Waals surface area contributed by atoms with Crippen molar-refractivity contribution >= 4 is 47.4 Å². The normalized spacial score (nSPS) is 11.6.